The molecule has 0 radical (unpaired) electrons. The lowest BCUT2D eigenvalue weighted by Crippen LogP contribution is -2.29. The Kier molecular flexibility index (Phi) is 4.89. The minimum Gasteiger partial charge on any atom is -0.325 e. The van der Waals surface area contributed by atoms with Crippen LogP contribution in [0.5, 0.6) is 0 Å². The number of rotatable bonds is 3. The summed E-state index contributed by atoms with van der Waals surface area (Å²) in [5.41, 5.74) is 4.23. The van der Waals surface area contributed by atoms with Gasteiger partial charge in [0.25, 0.3) is 11.5 Å². The summed E-state index contributed by atoms with van der Waals surface area (Å²) in [4.78, 5) is 40.9. The van der Waals surface area contributed by atoms with E-state index in [-0.39, 0.29) is 17.3 Å². The van der Waals surface area contributed by atoms with E-state index in [0.717, 1.165) is 16.7 Å². The van der Waals surface area contributed by atoms with Gasteiger partial charge in [-0.1, -0.05) is 42.5 Å². The number of amides is 1. The van der Waals surface area contributed by atoms with Crippen LogP contribution in [0.4, 0.5) is 5.69 Å². The summed E-state index contributed by atoms with van der Waals surface area (Å²) in [5, 5.41) is 2.79. The van der Waals surface area contributed by atoms with Crippen LogP contribution in [0.2, 0.25) is 0 Å². The average Bonchev–Trinajstić information content (AvgIpc) is 2.71. The molecular formula is C24H22N2O3. The zero-order valence-electron chi connectivity index (χ0n) is 16.4. The van der Waals surface area contributed by atoms with Crippen molar-refractivity contribution in [3.05, 3.63) is 98.5 Å². The number of carbonyl (C=O) groups excluding carboxylic acids is 2. The molecule has 0 aliphatic heterocycles. The van der Waals surface area contributed by atoms with Crippen LogP contribution in [0.3, 0.4) is 0 Å². The van der Waals surface area contributed by atoms with Gasteiger partial charge in [-0.2, -0.15) is 0 Å². The topological polar surface area (TPSA) is 79.0 Å². The largest absolute Gasteiger partial charge is 0.325 e. The minimum absolute atomic E-state index is 0.0291. The molecule has 2 N–H and O–H groups in total. The fourth-order valence-electron chi connectivity index (χ4n) is 3.84. The summed E-state index contributed by atoms with van der Waals surface area (Å²) in [6.07, 6.45) is 0.931. The molecule has 0 unspecified atom stereocenters. The SMILES string of the molecule is Cc1cccc(NC(=O)c2cc3c([nH]c2=O)C[C@@H](c2ccccc2)CC3=O)c1C. The van der Waals surface area contributed by atoms with E-state index in [1.54, 1.807) is 6.07 Å². The van der Waals surface area contributed by atoms with E-state index in [1.165, 1.54) is 6.07 Å². The summed E-state index contributed by atoms with van der Waals surface area (Å²) in [5.74, 6) is -0.542. The van der Waals surface area contributed by atoms with E-state index in [4.69, 9.17) is 0 Å². The van der Waals surface area contributed by atoms with Gasteiger partial charge in [-0.15, -0.1) is 0 Å². The number of carbonyl (C=O) groups is 2. The van der Waals surface area contributed by atoms with Crippen molar-refractivity contribution in [1.82, 2.24) is 4.98 Å². The van der Waals surface area contributed by atoms with Crippen molar-refractivity contribution in [3.8, 4) is 0 Å². The molecule has 1 aliphatic rings. The third kappa shape index (κ3) is 3.63. The number of benzene rings is 2. The van der Waals surface area contributed by atoms with Crippen molar-refractivity contribution in [1.29, 1.82) is 0 Å². The van der Waals surface area contributed by atoms with Gasteiger partial charge in [0.05, 0.1) is 0 Å². The summed E-state index contributed by atoms with van der Waals surface area (Å²) in [6, 6.07) is 16.9. The molecule has 1 heterocycles. The Hall–Kier alpha value is -3.47. The van der Waals surface area contributed by atoms with Gasteiger partial charge in [-0.3, -0.25) is 14.4 Å². The lowest BCUT2D eigenvalue weighted by Gasteiger charge is -2.24. The number of hydrogen-bond acceptors (Lipinski definition) is 3. The van der Waals surface area contributed by atoms with Crippen LogP contribution in [0, 0.1) is 13.8 Å². The summed E-state index contributed by atoms with van der Waals surface area (Å²) in [6.45, 7) is 3.87. The van der Waals surface area contributed by atoms with Gasteiger partial charge in [0.1, 0.15) is 5.56 Å². The second-order valence-electron chi connectivity index (χ2n) is 7.54. The molecule has 2 aromatic carbocycles. The van der Waals surface area contributed by atoms with E-state index in [9.17, 15) is 14.4 Å². The fourth-order valence-corrected chi connectivity index (χ4v) is 3.84. The molecule has 29 heavy (non-hydrogen) atoms. The highest BCUT2D eigenvalue weighted by molar-refractivity contribution is 6.07. The van der Waals surface area contributed by atoms with Crippen LogP contribution in [0.25, 0.3) is 0 Å². The summed E-state index contributed by atoms with van der Waals surface area (Å²) < 4.78 is 0. The molecule has 0 bridgehead atoms. The second kappa shape index (κ2) is 7.51. The maximum atomic E-state index is 12.8. The average molecular weight is 386 g/mol. The monoisotopic (exact) mass is 386 g/mol. The molecule has 1 amide bonds. The number of Topliss-reactive ketones (excluding diaryl/α,β-unsaturated/α-hetero) is 1. The molecular weight excluding hydrogens is 364 g/mol. The number of aryl methyl sites for hydroxylation is 1. The molecule has 1 atom stereocenters. The van der Waals surface area contributed by atoms with Crippen molar-refractivity contribution in [2.75, 3.05) is 5.32 Å². The first kappa shape index (κ1) is 18.9. The first-order valence-corrected chi connectivity index (χ1v) is 9.66. The van der Waals surface area contributed by atoms with Crippen LogP contribution in [0.1, 0.15) is 55.4 Å². The molecule has 146 valence electrons. The van der Waals surface area contributed by atoms with E-state index in [1.807, 2.05) is 56.3 Å². The first-order chi connectivity index (χ1) is 13.9. The number of anilines is 1. The van der Waals surface area contributed by atoms with Crippen molar-refractivity contribution < 1.29 is 9.59 Å². The Morgan fingerprint density at radius 2 is 1.76 bits per heavy atom. The van der Waals surface area contributed by atoms with Crippen molar-refractivity contribution in [3.63, 3.8) is 0 Å². The van der Waals surface area contributed by atoms with Crippen molar-refractivity contribution >= 4 is 17.4 Å². The Balaban J connectivity index is 1.64. The second-order valence-corrected chi connectivity index (χ2v) is 7.54. The zero-order valence-corrected chi connectivity index (χ0v) is 16.4. The summed E-state index contributed by atoms with van der Waals surface area (Å²) in [7, 11) is 0. The predicted octanol–water partition coefficient (Wildman–Crippen LogP) is 4.16. The molecule has 1 aromatic heterocycles. The number of aromatic nitrogens is 1. The van der Waals surface area contributed by atoms with Crippen LogP contribution >= 0.6 is 0 Å². The molecule has 0 fully saturated rings. The molecule has 1 aliphatic carbocycles. The smallest absolute Gasteiger partial charge is 0.261 e. The molecule has 3 aromatic rings. The lowest BCUT2D eigenvalue weighted by atomic mass is 9.81. The van der Waals surface area contributed by atoms with Crippen molar-refractivity contribution in [2.24, 2.45) is 0 Å². The fraction of sp³-hybridized carbons (Fsp3) is 0.208. The van der Waals surface area contributed by atoms with Crippen LogP contribution in [0.15, 0.2) is 59.4 Å². The van der Waals surface area contributed by atoms with E-state index in [0.29, 0.717) is 29.8 Å². The van der Waals surface area contributed by atoms with Crippen LogP contribution in [-0.2, 0) is 6.42 Å². The molecule has 4 rings (SSSR count). The van der Waals surface area contributed by atoms with Crippen LogP contribution < -0.4 is 10.9 Å². The van der Waals surface area contributed by atoms with Gasteiger partial charge in [0, 0.05) is 23.4 Å². The number of H-pyrrole nitrogens is 1. The Morgan fingerprint density at radius 1 is 1.00 bits per heavy atom. The Morgan fingerprint density at radius 3 is 2.52 bits per heavy atom. The quantitative estimate of drug-likeness (QED) is 0.709. The number of aromatic amines is 1. The standard InChI is InChI=1S/C24H22N2O3/c1-14-7-6-10-20(15(14)2)25-23(28)19-13-18-21(26-24(19)29)11-17(12-22(18)27)16-8-4-3-5-9-16/h3-10,13,17H,11-12H2,1-2H3,(H,25,28)(H,26,29)/t17-/m1/s1. The molecule has 5 heteroatoms. The zero-order chi connectivity index (χ0) is 20.5. The number of pyridine rings is 1. The third-order valence-corrected chi connectivity index (χ3v) is 5.67. The van der Waals surface area contributed by atoms with E-state index >= 15 is 0 Å². The highest BCUT2D eigenvalue weighted by Gasteiger charge is 2.28. The normalized spacial score (nSPS) is 15.7. The van der Waals surface area contributed by atoms with Gasteiger partial charge < -0.3 is 10.3 Å². The molecule has 0 spiro atoms. The molecule has 5 nitrogen and oxygen atoms in total. The maximum Gasteiger partial charge on any atom is 0.261 e. The van der Waals surface area contributed by atoms with Crippen LogP contribution in [-0.4, -0.2) is 16.7 Å². The van der Waals surface area contributed by atoms with E-state index in [2.05, 4.69) is 10.3 Å². The third-order valence-electron chi connectivity index (χ3n) is 5.67. The highest BCUT2D eigenvalue weighted by atomic mass is 16.2. The summed E-state index contributed by atoms with van der Waals surface area (Å²) >= 11 is 0. The predicted molar refractivity (Wildman–Crippen MR) is 113 cm³/mol. The molecule has 0 saturated carbocycles. The maximum absolute atomic E-state index is 12.8. The number of fused-ring (bicyclic) bond motifs is 1. The Labute approximate surface area is 168 Å². The number of hydrogen-bond donors (Lipinski definition) is 2. The van der Waals surface area contributed by atoms with E-state index < -0.39 is 11.5 Å². The van der Waals surface area contributed by atoms with Gasteiger partial charge in [0.2, 0.25) is 0 Å². The molecule has 0 saturated heterocycles. The number of nitrogens with one attached hydrogen (secondary N) is 2. The first-order valence-electron chi connectivity index (χ1n) is 9.66. The number of ketones is 1. The Bertz CT molecular complexity index is 1160. The highest BCUT2D eigenvalue weighted by Crippen LogP contribution is 2.31. The lowest BCUT2D eigenvalue weighted by molar-refractivity contribution is 0.0963. The minimum atomic E-state index is -0.513. The van der Waals surface area contributed by atoms with Crippen molar-refractivity contribution in [2.45, 2.75) is 32.6 Å². The van der Waals surface area contributed by atoms with Gasteiger partial charge in [-0.25, -0.2) is 0 Å². The van der Waals surface area contributed by atoms with Gasteiger partial charge in [-0.05, 0) is 55.0 Å². The van der Waals surface area contributed by atoms with Gasteiger partial charge >= 0.3 is 0 Å². The van der Waals surface area contributed by atoms with Gasteiger partial charge in [0.15, 0.2) is 5.78 Å².